The van der Waals surface area contributed by atoms with Crippen molar-refractivity contribution in [2.24, 2.45) is 11.1 Å². The molecule has 1 amide bonds. The van der Waals surface area contributed by atoms with E-state index in [4.69, 9.17) is 5.73 Å². The molecule has 0 saturated carbocycles. The summed E-state index contributed by atoms with van der Waals surface area (Å²) >= 11 is 3.21. The van der Waals surface area contributed by atoms with Crippen molar-refractivity contribution in [1.82, 2.24) is 4.90 Å². The molecule has 3 nitrogen and oxygen atoms in total. The molecule has 2 N–H and O–H groups in total. The van der Waals surface area contributed by atoms with E-state index in [1.54, 1.807) is 11.0 Å². The number of hydrogen-bond donors (Lipinski definition) is 1. The standard InChI is InChI=1S/C14H18BrFN2O/c1-14(2)8-18(4-3-12(14)17)13(19)9-5-10(15)7-11(16)6-9/h5-7,12H,3-4,8,17H2,1-2H3. The Hall–Kier alpha value is -0.940. The lowest BCUT2D eigenvalue weighted by atomic mass is 9.79. The highest BCUT2D eigenvalue weighted by molar-refractivity contribution is 9.10. The molecule has 1 aliphatic heterocycles. The molecule has 1 aliphatic rings. The van der Waals surface area contributed by atoms with Crippen LogP contribution in [0.3, 0.4) is 0 Å². The Labute approximate surface area is 121 Å². The maximum absolute atomic E-state index is 13.3. The molecule has 0 radical (unpaired) electrons. The molecule has 5 heteroatoms. The zero-order valence-electron chi connectivity index (χ0n) is 11.1. The van der Waals surface area contributed by atoms with Crippen LogP contribution in [-0.2, 0) is 0 Å². The fourth-order valence-corrected chi connectivity index (χ4v) is 2.87. The van der Waals surface area contributed by atoms with Crippen LogP contribution >= 0.6 is 15.9 Å². The number of nitrogens with two attached hydrogens (primary N) is 1. The lowest BCUT2D eigenvalue weighted by molar-refractivity contribution is 0.0532. The number of halogens is 2. The molecule has 1 atom stereocenters. The third-order valence-corrected chi connectivity index (χ3v) is 4.17. The molecular weight excluding hydrogens is 311 g/mol. The minimum atomic E-state index is -0.411. The summed E-state index contributed by atoms with van der Waals surface area (Å²) in [6.07, 6.45) is 0.773. The quantitative estimate of drug-likeness (QED) is 0.861. The maximum Gasteiger partial charge on any atom is 0.254 e. The van der Waals surface area contributed by atoms with Crippen molar-refractivity contribution in [3.05, 3.63) is 34.1 Å². The van der Waals surface area contributed by atoms with Crippen LogP contribution in [-0.4, -0.2) is 29.9 Å². The van der Waals surface area contributed by atoms with Crippen molar-refractivity contribution in [2.75, 3.05) is 13.1 Å². The highest BCUT2D eigenvalue weighted by atomic mass is 79.9. The van der Waals surface area contributed by atoms with Gasteiger partial charge in [0.1, 0.15) is 5.82 Å². The summed E-state index contributed by atoms with van der Waals surface area (Å²) in [7, 11) is 0. The van der Waals surface area contributed by atoms with Crippen molar-refractivity contribution in [2.45, 2.75) is 26.3 Å². The molecule has 104 valence electrons. The van der Waals surface area contributed by atoms with Crippen LogP contribution in [0, 0.1) is 11.2 Å². The number of carbonyl (C=O) groups is 1. The van der Waals surface area contributed by atoms with E-state index in [0.717, 1.165) is 6.42 Å². The second-order valence-corrected chi connectivity index (χ2v) is 6.68. The highest BCUT2D eigenvalue weighted by Gasteiger charge is 2.35. The number of nitrogens with zero attached hydrogens (tertiary/aromatic N) is 1. The molecule has 1 saturated heterocycles. The molecular formula is C14H18BrFN2O. The number of carbonyl (C=O) groups excluding carboxylic acids is 1. The normalized spacial score (nSPS) is 22.4. The van der Waals surface area contributed by atoms with Gasteiger partial charge in [0.15, 0.2) is 0 Å². The number of amides is 1. The summed E-state index contributed by atoms with van der Waals surface area (Å²) in [6, 6.07) is 4.35. The van der Waals surface area contributed by atoms with E-state index in [1.807, 2.05) is 0 Å². The number of piperidine rings is 1. The maximum atomic E-state index is 13.3. The van der Waals surface area contributed by atoms with Gasteiger partial charge in [0, 0.05) is 29.2 Å². The zero-order valence-corrected chi connectivity index (χ0v) is 12.7. The fourth-order valence-electron chi connectivity index (χ4n) is 2.41. The smallest absolute Gasteiger partial charge is 0.254 e. The fraction of sp³-hybridized carbons (Fsp3) is 0.500. The summed E-state index contributed by atoms with van der Waals surface area (Å²) in [6.45, 7) is 5.33. The third-order valence-electron chi connectivity index (χ3n) is 3.71. The molecule has 1 heterocycles. The van der Waals surface area contributed by atoms with E-state index in [1.165, 1.54) is 12.1 Å². The van der Waals surface area contributed by atoms with E-state index in [-0.39, 0.29) is 17.4 Å². The number of rotatable bonds is 1. The Morgan fingerprint density at radius 2 is 2.16 bits per heavy atom. The molecule has 1 fully saturated rings. The first-order valence-electron chi connectivity index (χ1n) is 6.30. The van der Waals surface area contributed by atoms with Crippen LogP contribution in [0.4, 0.5) is 4.39 Å². The van der Waals surface area contributed by atoms with Gasteiger partial charge in [-0.1, -0.05) is 29.8 Å². The predicted molar refractivity (Wildman–Crippen MR) is 76.4 cm³/mol. The van der Waals surface area contributed by atoms with Crippen LogP contribution < -0.4 is 5.73 Å². The average molecular weight is 329 g/mol. The van der Waals surface area contributed by atoms with E-state index in [0.29, 0.717) is 23.1 Å². The van der Waals surface area contributed by atoms with Gasteiger partial charge in [0.2, 0.25) is 0 Å². The average Bonchev–Trinajstić information content (AvgIpc) is 2.30. The monoisotopic (exact) mass is 328 g/mol. The summed E-state index contributed by atoms with van der Waals surface area (Å²) in [5.41, 5.74) is 6.32. The Bertz CT molecular complexity index is 484. The Morgan fingerprint density at radius 3 is 2.74 bits per heavy atom. The van der Waals surface area contributed by atoms with E-state index in [9.17, 15) is 9.18 Å². The SMILES string of the molecule is CC1(C)CN(C(=O)c2cc(F)cc(Br)c2)CCC1N. The second kappa shape index (κ2) is 5.21. The summed E-state index contributed by atoms with van der Waals surface area (Å²) < 4.78 is 13.9. The lowest BCUT2D eigenvalue weighted by Crippen LogP contribution is -2.54. The molecule has 0 spiro atoms. The summed E-state index contributed by atoms with van der Waals surface area (Å²) in [5, 5.41) is 0. The molecule has 1 aromatic carbocycles. The molecule has 0 aromatic heterocycles. The largest absolute Gasteiger partial charge is 0.338 e. The number of hydrogen-bond acceptors (Lipinski definition) is 2. The van der Waals surface area contributed by atoms with Crippen LogP contribution in [0.25, 0.3) is 0 Å². The lowest BCUT2D eigenvalue weighted by Gasteiger charge is -2.42. The van der Waals surface area contributed by atoms with Crippen molar-refractivity contribution in [3.8, 4) is 0 Å². The van der Waals surface area contributed by atoms with Crippen LogP contribution in [0.5, 0.6) is 0 Å². The molecule has 0 bridgehead atoms. The molecule has 1 unspecified atom stereocenters. The Kier molecular flexibility index (Phi) is 3.97. The van der Waals surface area contributed by atoms with E-state index in [2.05, 4.69) is 29.8 Å². The van der Waals surface area contributed by atoms with Crippen molar-refractivity contribution >= 4 is 21.8 Å². The predicted octanol–water partition coefficient (Wildman–Crippen LogP) is 2.79. The number of benzene rings is 1. The molecule has 2 rings (SSSR count). The highest BCUT2D eigenvalue weighted by Crippen LogP contribution is 2.29. The molecule has 0 aliphatic carbocycles. The van der Waals surface area contributed by atoms with Gasteiger partial charge in [0.25, 0.3) is 5.91 Å². The summed E-state index contributed by atoms with van der Waals surface area (Å²) in [4.78, 5) is 14.2. The van der Waals surface area contributed by atoms with Gasteiger partial charge in [-0.3, -0.25) is 4.79 Å². The van der Waals surface area contributed by atoms with E-state index >= 15 is 0 Å². The van der Waals surface area contributed by atoms with Gasteiger partial charge < -0.3 is 10.6 Å². The van der Waals surface area contributed by atoms with Gasteiger partial charge in [-0.2, -0.15) is 0 Å². The van der Waals surface area contributed by atoms with Crippen molar-refractivity contribution in [1.29, 1.82) is 0 Å². The minimum absolute atomic E-state index is 0.0933. The summed E-state index contributed by atoms with van der Waals surface area (Å²) in [5.74, 6) is -0.550. The Morgan fingerprint density at radius 1 is 1.47 bits per heavy atom. The minimum Gasteiger partial charge on any atom is -0.338 e. The first-order chi connectivity index (χ1) is 8.79. The topological polar surface area (TPSA) is 46.3 Å². The van der Waals surface area contributed by atoms with Gasteiger partial charge in [-0.05, 0) is 30.0 Å². The molecule has 19 heavy (non-hydrogen) atoms. The van der Waals surface area contributed by atoms with Crippen molar-refractivity contribution in [3.63, 3.8) is 0 Å². The van der Waals surface area contributed by atoms with Crippen LogP contribution in [0.2, 0.25) is 0 Å². The van der Waals surface area contributed by atoms with Crippen molar-refractivity contribution < 1.29 is 9.18 Å². The van der Waals surface area contributed by atoms with Gasteiger partial charge in [0.05, 0.1) is 0 Å². The second-order valence-electron chi connectivity index (χ2n) is 5.77. The number of likely N-dealkylation sites (tertiary alicyclic amines) is 1. The van der Waals surface area contributed by atoms with Gasteiger partial charge >= 0.3 is 0 Å². The van der Waals surface area contributed by atoms with Crippen LogP contribution in [0.1, 0.15) is 30.6 Å². The van der Waals surface area contributed by atoms with Gasteiger partial charge in [-0.25, -0.2) is 4.39 Å². The third kappa shape index (κ3) is 3.15. The van der Waals surface area contributed by atoms with Crippen LogP contribution in [0.15, 0.2) is 22.7 Å². The molecule has 1 aromatic rings. The zero-order chi connectivity index (χ0) is 14.2. The first-order valence-corrected chi connectivity index (χ1v) is 7.10. The van der Waals surface area contributed by atoms with E-state index < -0.39 is 5.82 Å². The Balaban J connectivity index is 2.20. The first kappa shape index (κ1) is 14.5. The van der Waals surface area contributed by atoms with Gasteiger partial charge in [-0.15, -0.1) is 0 Å².